The van der Waals surface area contributed by atoms with Gasteiger partial charge >= 0.3 is 5.97 Å². The third kappa shape index (κ3) is 3.14. The van der Waals surface area contributed by atoms with Gasteiger partial charge in [0.1, 0.15) is 5.82 Å². The van der Waals surface area contributed by atoms with Crippen LogP contribution in [0.3, 0.4) is 0 Å². The third-order valence-electron chi connectivity index (χ3n) is 7.36. The Bertz CT molecular complexity index is 1430. The van der Waals surface area contributed by atoms with E-state index in [0.717, 1.165) is 40.7 Å². The summed E-state index contributed by atoms with van der Waals surface area (Å²) in [7, 11) is 0. The van der Waals surface area contributed by atoms with E-state index < -0.39 is 11.6 Å². The fourth-order valence-corrected chi connectivity index (χ4v) is 5.53. The van der Waals surface area contributed by atoms with Crippen molar-refractivity contribution in [2.75, 3.05) is 13.2 Å². The van der Waals surface area contributed by atoms with E-state index in [2.05, 4.69) is 14.8 Å². The molecule has 0 bridgehead atoms. The summed E-state index contributed by atoms with van der Waals surface area (Å²) in [6.07, 6.45) is 3.08. The van der Waals surface area contributed by atoms with Crippen molar-refractivity contribution >= 4 is 28.0 Å². The zero-order valence-electron chi connectivity index (χ0n) is 18.6. The minimum Gasteiger partial charge on any atom is -0.479 e. The van der Waals surface area contributed by atoms with Crippen LogP contribution in [0.25, 0.3) is 27.8 Å². The van der Waals surface area contributed by atoms with Crippen LogP contribution in [0.5, 0.6) is 0 Å². The lowest BCUT2D eigenvalue weighted by molar-refractivity contribution is -0.158. The molecule has 4 heterocycles. The lowest BCUT2D eigenvalue weighted by Gasteiger charge is -2.39. The highest BCUT2D eigenvalue weighted by Crippen LogP contribution is 2.53. The molecule has 0 atom stereocenters. The van der Waals surface area contributed by atoms with Crippen molar-refractivity contribution in [3.8, 4) is 5.69 Å². The maximum Gasteiger partial charge on any atom is 0.341 e. The summed E-state index contributed by atoms with van der Waals surface area (Å²) in [5.41, 5.74) is 3.12. The van der Waals surface area contributed by atoms with Crippen LogP contribution in [0.2, 0.25) is 0 Å². The molecule has 1 aliphatic carbocycles. The molecule has 2 N–H and O–H groups in total. The van der Waals surface area contributed by atoms with E-state index in [-0.39, 0.29) is 30.5 Å². The Balaban J connectivity index is 1.65. The van der Waals surface area contributed by atoms with Crippen LogP contribution in [-0.2, 0) is 9.53 Å². The number of H-pyrrole nitrogens is 1. The maximum atomic E-state index is 14.9. The van der Waals surface area contributed by atoms with Crippen molar-refractivity contribution < 1.29 is 23.4 Å². The summed E-state index contributed by atoms with van der Waals surface area (Å²) in [5.74, 6) is -1.86. The highest BCUT2D eigenvalue weighted by atomic mass is 19.1. The van der Waals surface area contributed by atoms with E-state index in [0.29, 0.717) is 29.9 Å². The van der Waals surface area contributed by atoms with Crippen LogP contribution in [0, 0.1) is 12.7 Å². The average Bonchev–Trinajstić information content (AvgIpc) is 3.39. The molecule has 1 aromatic carbocycles. The number of hydrogen-bond donors (Lipinski definition) is 2. The number of benzene rings is 1. The third-order valence-corrected chi connectivity index (χ3v) is 7.36. The lowest BCUT2D eigenvalue weighted by atomic mass is 9.68. The number of nitrogens with zero attached hydrogens (tertiary/aromatic N) is 3. The number of pyridine rings is 1. The molecule has 0 unspecified atom stereocenters. The molecule has 3 aromatic heterocycles. The number of halogens is 2. The number of aromatic amines is 1. The van der Waals surface area contributed by atoms with Crippen LogP contribution in [0.15, 0.2) is 30.5 Å². The van der Waals surface area contributed by atoms with E-state index in [1.165, 1.54) is 6.07 Å². The van der Waals surface area contributed by atoms with Crippen molar-refractivity contribution in [2.24, 2.45) is 0 Å². The van der Waals surface area contributed by atoms with Gasteiger partial charge in [-0.05, 0) is 68.4 Å². The second-order valence-corrected chi connectivity index (χ2v) is 9.49. The molecule has 6 rings (SSSR count). The largest absolute Gasteiger partial charge is 0.479 e. The molecule has 2 aliphatic rings. The predicted octanol–water partition coefficient (Wildman–Crippen LogP) is 4.91. The molecule has 34 heavy (non-hydrogen) atoms. The second kappa shape index (κ2) is 7.59. The number of alkyl halides is 1. The minimum atomic E-state index is -2.23. The number of ether oxygens (including phenoxy) is 1. The van der Waals surface area contributed by atoms with Gasteiger partial charge in [0.15, 0.2) is 5.65 Å². The number of carboxylic acid groups (broad SMARTS) is 1. The summed E-state index contributed by atoms with van der Waals surface area (Å²) in [6, 6.07) is 6.99. The number of carbonyl (C=O) groups is 1. The Hall–Kier alpha value is -3.33. The van der Waals surface area contributed by atoms with E-state index in [1.54, 1.807) is 25.3 Å². The van der Waals surface area contributed by atoms with Gasteiger partial charge in [-0.25, -0.2) is 18.6 Å². The van der Waals surface area contributed by atoms with E-state index >= 15 is 0 Å². The van der Waals surface area contributed by atoms with Gasteiger partial charge in [0.2, 0.25) is 5.67 Å². The summed E-state index contributed by atoms with van der Waals surface area (Å²) in [5, 5.41) is 17.2. The van der Waals surface area contributed by atoms with Gasteiger partial charge in [0, 0.05) is 41.5 Å². The monoisotopic (exact) mass is 466 g/mol. The van der Waals surface area contributed by atoms with Crippen molar-refractivity contribution in [3.05, 3.63) is 53.1 Å². The average molecular weight is 466 g/mol. The quantitative estimate of drug-likeness (QED) is 0.446. The molecule has 7 nitrogen and oxygen atoms in total. The number of aryl methyl sites for hydroxylation is 1. The first kappa shape index (κ1) is 21.2. The molecule has 176 valence electrons. The normalized spacial score (nSPS) is 23.4. The first-order valence-corrected chi connectivity index (χ1v) is 11.5. The number of nitrogens with one attached hydrogen (secondary N) is 1. The second-order valence-electron chi connectivity index (χ2n) is 9.49. The van der Waals surface area contributed by atoms with Gasteiger partial charge < -0.3 is 14.4 Å². The summed E-state index contributed by atoms with van der Waals surface area (Å²) >= 11 is 0. The fraction of sp³-hybridized carbons (Fsp3) is 0.400. The molecule has 0 radical (unpaired) electrons. The Labute approximate surface area is 193 Å². The smallest absolute Gasteiger partial charge is 0.341 e. The van der Waals surface area contributed by atoms with Crippen molar-refractivity contribution in [3.63, 3.8) is 0 Å². The highest BCUT2D eigenvalue weighted by Gasteiger charge is 2.53. The molecular weight excluding hydrogens is 442 g/mol. The van der Waals surface area contributed by atoms with Crippen molar-refractivity contribution in [1.82, 2.24) is 19.7 Å². The maximum absolute atomic E-state index is 14.9. The highest BCUT2D eigenvalue weighted by molar-refractivity contribution is 5.94. The van der Waals surface area contributed by atoms with E-state index in [4.69, 9.17) is 9.72 Å². The molecule has 2 fully saturated rings. The Morgan fingerprint density at radius 2 is 2.00 bits per heavy atom. The molecular formula is C25H24F2N4O3. The zero-order chi connectivity index (χ0) is 23.6. The number of rotatable bonds is 4. The molecule has 9 heteroatoms. The number of fused-ring (bicyclic) bond motifs is 2. The van der Waals surface area contributed by atoms with Crippen LogP contribution >= 0.6 is 0 Å². The van der Waals surface area contributed by atoms with Crippen LogP contribution in [-0.4, -0.2) is 49.7 Å². The SMILES string of the molecule is Cc1cc(-n2c(C3CCOCC3)c(C3CC(F)(C(=O)O)C3)c3nc4[nH]ncc4cc32)ccc1F. The lowest BCUT2D eigenvalue weighted by Crippen LogP contribution is -2.45. The Kier molecular flexibility index (Phi) is 4.74. The number of carboxylic acids is 1. The first-order valence-electron chi connectivity index (χ1n) is 11.5. The van der Waals surface area contributed by atoms with Gasteiger partial charge in [0.25, 0.3) is 0 Å². The summed E-state index contributed by atoms with van der Waals surface area (Å²) in [4.78, 5) is 16.4. The van der Waals surface area contributed by atoms with E-state index in [9.17, 15) is 18.7 Å². The van der Waals surface area contributed by atoms with Gasteiger partial charge in [-0.3, -0.25) is 5.10 Å². The van der Waals surface area contributed by atoms with Crippen LogP contribution in [0.4, 0.5) is 8.78 Å². The molecule has 0 amide bonds. The molecule has 4 aromatic rings. The van der Waals surface area contributed by atoms with Gasteiger partial charge in [-0.15, -0.1) is 0 Å². The fourth-order valence-electron chi connectivity index (χ4n) is 5.53. The van der Waals surface area contributed by atoms with Crippen LogP contribution in [0.1, 0.15) is 54.3 Å². The van der Waals surface area contributed by atoms with Crippen molar-refractivity contribution in [1.29, 1.82) is 0 Å². The van der Waals surface area contributed by atoms with Crippen molar-refractivity contribution in [2.45, 2.75) is 50.1 Å². The summed E-state index contributed by atoms with van der Waals surface area (Å²) < 4.78 is 36.7. The first-order chi connectivity index (χ1) is 16.4. The van der Waals surface area contributed by atoms with Crippen LogP contribution < -0.4 is 0 Å². The molecule has 1 saturated heterocycles. The number of aromatic nitrogens is 4. The van der Waals surface area contributed by atoms with Gasteiger partial charge in [-0.2, -0.15) is 5.10 Å². The predicted molar refractivity (Wildman–Crippen MR) is 122 cm³/mol. The number of hydrogen-bond acceptors (Lipinski definition) is 4. The Morgan fingerprint density at radius 1 is 1.24 bits per heavy atom. The summed E-state index contributed by atoms with van der Waals surface area (Å²) in [6.45, 7) is 2.94. The zero-order valence-corrected chi connectivity index (χ0v) is 18.6. The van der Waals surface area contributed by atoms with Gasteiger partial charge in [-0.1, -0.05) is 0 Å². The van der Waals surface area contributed by atoms with Gasteiger partial charge in [0.05, 0.1) is 17.2 Å². The molecule has 0 spiro atoms. The number of aliphatic carboxylic acids is 1. The molecule has 1 aliphatic heterocycles. The minimum absolute atomic E-state index is 0.0944. The Morgan fingerprint density at radius 3 is 2.71 bits per heavy atom. The topological polar surface area (TPSA) is 93.0 Å². The standard InChI is InChI=1S/C25H24F2N4O3/c1-13-8-17(2-3-18(13)26)31-19-9-15-12-28-30-23(15)29-21(19)20(16-10-25(27,11-16)24(32)33)22(31)14-4-6-34-7-5-14/h2-3,8-9,12,14,16H,4-7,10-11H2,1H3,(H,32,33)(H,28,29,30). The van der Waals surface area contributed by atoms with E-state index in [1.807, 2.05) is 6.07 Å². The molecule has 1 saturated carbocycles.